The van der Waals surface area contributed by atoms with Crippen LogP contribution in [0.4, 0.5) is 0 Å². The molecule has 0 radical (unpaired) electrons. The molecule has 1 heterocycles. The van der Waals surface area contributed by atoms with E-state index in [1.807, 2.05) is 44.2 Å². The Morgan fingerprint density at radius 3 is 2.52 bits per heavy atom. The molecule has 1 aromatic carbocycles. The van der Waals surface area contributed by atoms with E-state index in [1.54, 1.807) is 4.90 Å². The Morgan fingerprint density at radius 1 is 1.31 bits per heavy atom. The maximum absolute atomic E-state index is 13.4. The van der Waals surface area contributed by atoms with Gasteiger partial charge in [0.25, 0.3) is 10.1 Å². The van der Waals surface area contributed by atoms with Crippen LogP contribution in [0.2, 0.25) is 0 Å². The van der Waals surface area contributed by atoms with Crippen molar-refractivity contribution in [2.24, 2.45) is 17.3 Å². The van der Waals surface area contributed by atoms with E-state index in [9.17, 15) is 23.1 Å². The number of carbonyl (C=O) groups excluding carboxylic acids is 1. The molecule has 1 fully saturated rings. The zero-order chi connectivity index (χ0) is 21.7. The van der Waals surface area contributed by atoms with Gasteiger partial charge >= 0.3 is 5.97 Å². The number of hydrogen-bond acceptors (Lipinski definition) is 5. The summed E-state index contributed by atoms with van der Waals surface area (Å²) in [5.41, 5.74) is 0.0780. The molecular weight excluding hydrogens is 394 g/mol. The van der Waals surface area contributed by atoms with E-state index in [4.69, 9.17) is 4.18 Å². The number of nitrogens with zero attached hydrogens (tertiary/aromatic N) is 1. The Labute approximate surface area is 173 Å². The molecule has 0 aromatic heterocycles. The van der Waals surface area contributed by atoms with Gasteiger partial charge in [0.2, 0.25) is 5.91 Å². The van der Waals surface area contributed by atoms with Crippen molar-refractivity contribution < 1.29 is 27.3 Å². The van der Waals surface area contributed by atoms with Crippen molar-refractivity contribution in [2.45, 2.75) is 39.5 Å². The van der Waals surface area contributed by atoms with Crippen LogP contribution >= 0.6 is 0 Å². The van der Waals surface area contributed by atoms with Gasteiger partial charge in [0, 0.05) is 13.1 Å². The van der Waals surface area contributed by atoms with Crippen molar-refractivity contribution in [3.63, 3.8) is 0 Å². The second kappa shape index (κ2) is 9.71. The van der Waals surface area contributed by atoms with Crippen LogP contribution in [-0.4, -0.2) is 56.3 Å². The molecule has 1 aliphatic heterocycles. The van der Waals surface area contributed by atoms with E-state index in [1.165, 1.54) is 0 Å². The second-order valence-corrected chi connectivity index (χ2v) is 9.97. The van der Waals surface area contributed by atoms with Gasteiger partial charge in [-0.1, -0.05) is 44.2 Å². The molecule has 2 unspecified atom stereocenters. The first-order chi connectivity index (χ1) is 13.5. The Balaban J connectivity index is 2.22. The van der Waals surface area contributed by atoms with Crippen molar-refractivity contribution in [3.8, 4) is 0 Å². The summed E-state index contributed by atoms with van der Waals surface area (Å²) in [5, 5.41) is 9.54. The van der Waals surface area contributed by atoms with Crippen LogP contribution < -0.4 is 0 Å². The third-order valence-corrected chi connectivity index (χ3v) is 6.05. The molecule has 7 nitrogen and oxygen atoms in total. The number of likely N-dealkylation sites (tertiary alicyclic amines) is 1. The van der Waals surface area contributed by atoms with Gasteiger partial charge in [-0.05, 0) is 36.7 Å². The average molecular weight is 426 g/mol. The van der Waals surface area contributed by atoms with Crippen LogP contribution in [-0.2, 0) is 30.3 Å². The first-order valence-corrected chi connectivity index (χ1v) is 11.7. The van der Waals surface area contributed by atoms with Gasteiger partial charge in [-0.25, -0.2) is 0 Å². The van der Waals surface area contributed by atoms with E-state index in [0.717, 1.165) is 11.8 Å². The molecule has 2 rings (SSSR count). The minimum Gasteiger partial charge on any atom is -0.481 e. The van der Waals surface area contributed by atoms with Crippen molar-refractivity contribution in [1.29, 1.82) is 0 Å². The van der Waals surface area contributed by atoms with Gasteiger partial charge in [0.15, 0.2) is 0 Å². The van der Waals surface area contributed by atoms with Gasteiger partial charge in [-0.3, -0.25) is 13.8 Å². The number of benzene rings is 1. The van der Waals surface area contributed by atoms with E-state index in [2.05, 4.69) is 0 Å². The Bertz CT molecular complexity index is 808. The Kier molecular flexibility index (Phi) is 7.82. The number of aliphatic carboxylic acids is 1. The number of carboxylic acids is 1. The van der Waals surface area contributed by atoms with Crippen LogP contribution in [0.1, 0.15) is 38.7 Å². The third kappa shape index (κ3) is 6.54. The van der Waals surface area contributed by atoms with Crippen LogP contribution in [0.15, 0.2) is 30.3 Å². The van der Waals surface area contributed by atoms with E-state index in [-0.39, 0.29) is 30.8 Å². The number of carboxylic acid groups (broad SMARTS) is 1. The highest BCUT2D eigenvalue weighted by Crippen LogP contribution is 2.47. The second-order valence-electron chi connectivity index (χ2n) is 8.32. The van der Waals surface area contributed by atoms with Gasteiger partial charge < -0.3 is 10.0 Å². The Morgan fingerprint density at radius 2 is 1.97 bits per heavy atom. The summed E-state index contributed by atoms with van der Waals surface area (Å²) >= 11 is 0. The smallest absolute Gasteiger partial charge is 0.304 e. The molecule has 1 aromatic rings. The van der Waals surface area contributed by atoms with Crippen molar-refractivity contribution >= 4 is 22.0 Å². The quantitative estimate of drug-likeness (QED) is 0.547. The van der Waals surface area contributed by atoms with Crippen molar-refractivity contribution in [1.82, 2.24) is 4.90 Å². The molecular formula is C21H31NO6S. The summed E-state index contributed by atoms with van der Waals surface area (Å²) in [7, 11) is -3.59. The lowest BCUT2D eigenvalue weighted by Gasteiger charge is -2.33. The normalized spacial score (nSPS) is 22.4. The van der Waals surface area contributed by atoms with E-state index < -0.39 is 21.5 Å². The van der Waals surface area contributed by atoms with Crippen molar-refractivity contribution in [3.05, 3.63) is 35.9 Å². The molecule has 1 N–H and O–H groups in total. The molecule has 29 heavy (non-hydrogen) atoms. The number of carbonyl (C=O) groups is 2. The SMILES string of the molecule is CC(C)CC1(CC(=O)O)C(=O)N(CCc2ccccc2)CC1CCOS(C)(=O)=O. The van der Waals surface area contributed by atoms with Gasteiger partial charge in [0.05, 0.1) is 24.7 Å². The fourth-order valence-corrected chi connectivity index (χ4v) is 4.77. The van der Waals surface area contributed by atoms with Crippen LogP contribution in [0.25, 0.3) is 0 Å². The van der Waals surface area contributed by atoms with Crippen molar-refractivity contribution in [2.75, 3.05) is 26.0 Å². The van der Waals surface area contributed by atoms with Crippen LogP contribution in [0.5, 0.6) is 0 Å². The predicted molar refractivity (Wildman–Crippen MR) is 110 cm³/mol. The fourth-order valence-electron chi connectivity index (χ4n) is 4.37. The molecule has 0 saturated carbocycles. The minimum absolute atomic E-state index is 0.0528. The molecule has 0 aliphatic carbocycles. The first-order valence-electron chi connectivity index (χ1n) is 9.93. The monoisotopic (exact) mass is 425 g/mol. The highest BCUT2D eigenvalue weighted by Gasteiger charge is 2.54. The summed E-state index contributed by atoms with van der Waals surface area (Å²) in [6.45, 7) is 4.80. The fraction of sp³-hybridized carbons (Fsp3) is 0.619. The lowest BCUT2D eigenvalue weighted by atomic mass is 9.68. The molecule has 1 aliphatic rings. The minimum atomic E-state index is -3.59. The standard InChI is InChI=1S/C21H31NO6S/c1-16(2)13-21(14-19(23)24)18(10-12-28-29(3,26)27)15-22(20(21)25)11-9-17-7-5-4-6-8-17/h4-8,16,18H,9-15H2,1-3H3,(H,23,24). The summed E-state index contributed by atoms with van der Waals surface area (Å²) in [5.74, 6) is -1.30. The zero-order valence-electron chi connectivity index (χ0n) is 17.3. The van der Waals surface area contributed by atoms with Crippen LogP contribution in [0.3, 0.4) is 0 Å². The third-order valence-electron chi connectivity index (χ3n) is 5.45. The molecule has 2 atom stereocenters. The predicted octanol–water partition coefficient (Wildman–Crippen LogP) is 2.56. The molecule has 8 heteroatoms. The highest BCUT2D eigenvalue weighted by molar-refractivity contribution is 7.85. The first kappa shape index (κ1) is 23.3. The van der Waals surface area contributed by atoms with Gasteiger partial charge in [0.1, 0.15) is 0 Å². The molecule has 0 bridgehead atoms. The Hall–Kier alpha value is -1.93. The molecule has 0 spiro atoms. The molecule has 1 saturated heterocycles. The van der Waals surface area contributed by atoms with Gasteiger partial charge in [-0.2, -0.15) is 8.42 Å². The maximum Gasteiger partial charge on any atom is 0.304 e. The lowest BCUT2D eigenvalue weighted by Crippen LogP contribution is -2.40. The van der Waals surface area contributed by atoms with Crippen LogP contribution in [0, 0.1) is 17.3 Å². The van der Waals surface area contributed by atoms with E-state index in [0.29, 0.717) is 32.4 Å². The summed E-state index contributed by atoms with van der Waals surface area (Å²) in [6.07, 6.45) is 2.18. The summed E-state index contributed by atoms with van der Waals surface area (Å²) in [6, 6.07) is 9.82. The molecule has 1 amide bonds. The maximum atomic E-state index is 13.4. The highest BCUT2D eigenvalue weighted by atomic mass is 32.2. The molecule has 162 valence electrons. The van der Waals surface area contributed by atoms with E-state index >= 15 is 0 Å². The zero-order valence-corrected chi connectivity index (χ0v) is 18.2. The average Bonchev–Trinajstić information content (AvgIpc) is 2.84. The lowest BCUT2D eigenvalue weighted by molar-refractivity contribution is -0.149. The largest absolute Gasteiger partial charge is 0.481 e. The number of hydrogen-bond donors (Lipinski definition) is 1. The summed E-state index contributed by atoms with van der Waals surface area (Å²) < 4.78 is 27.5. The number of rotatable bonds is 11. The summed E-state index contributed by atoms with van der Waals surface area (Å²) in [4.78, 5) is 26.8. The topological polar surface area (TPSA) is 101 Å². The number of amides is 1. The van der Waals surface area contributed by atoms with Gasteiger partial charge in [-0.15, -0.1) is 0 Å².